The number of nitrogens with one attached hydrogen (secondary N) is 2. The van der Waals surface area contributed by atoms with E-state index in [9.17, 15) is 4.79 Å². The largest absolute Gasteiger partial charge is 0.358 e. The van der Waals surface area contributed by atoms with E-state index in [1.165, 1.54) is 0 Å². The molecule has 1 heterocycles. The van der Waals surface area contributed by atoms with Gasteiger partial charge in [0.2, 0.25) is 5.91 Å². The minimum Gasteiger partial charge on any atom is -0.358 e. The first-order valence-electron chi connectivity index (χ1n) is 8.17. The van der Waals surface area contributed by atoms with Gasteiger partial charge in [-0.25, -0.2) is 9.97 Å². The Labute approximate surface area is 147 Å². The van der Waals surface area contributed by atoms with Gasteiger partial charge in [-0.15, -0.1) is 0 Å². The highest BCUT2D eigenvalue weighted by Gasteiger charge is 2.19. The summed E-state index contributed by atoms with van der Waals surface area (Å²) in [6.07, 6.45) is 2.24. The fraction of sp³-hybridized carbons (Fsp3) is 0.150. The number of rotatable bonds is 6. The summed E-state index contributed by atoms with van der Waals surface area (Å²) in [5, 5.41) is 6.18. The second-order valence-corrected chi connectivity index (χ2v) is 5.73. The summed E-state index contributed by atoms with van der Waals surface area (Å²) in [4.78, 5) is 21.2. The molecule has 1 aromatic heterocycles. The Morgan fingerprint density at radius 2 is 1.68 bits per heavy atom. The van der Waals surface area contributed by atoms with Crippen LogP contribution in [0.2, 0.25) is 0 Å². The minimum atomic E-state index is -0.447. The van der Waals surface area contributed by atoms with Gasteiger partial charge in [0.1, 0.15) is 17.7 Å². The summed E-state index contributed by atoms with van der Waals surface area (Å²) in [6, 6.07) is 20.7. The number of aryl methyl sites for hydroxylation is 1. The molecule has 0 fully saturated rings. The Morgan fingerprint density at radius 1 is 1.00 bits per heavy atom. The highest BCUT2D eigenvalue weighted by atomic mass is 16.2. The van der Waals surface area contributed by atoms with E-state index in [0.29, 0.717) is 18.1 Å². The lowest BCUT2D eigenvalue weighted by Crippen LogP contribution is -2.37. The van der Waals surface area contributed by atoms with Crippen LogP contribution in [0.1, 0.15) is 11.4 Å². The molecule has 5 heteroatoms. The maximum Gasteiger partial charge on any atom is 0.247 e. The third-order valence-corrected chi connectivity index (χ3v) is 3.74. The van der Waals surface area contributed by atoms with E-state index in [4.69, 9.17) is 0 Å². The van der Waals surface area contributed by atoms with Gasteiger partial charge in [0.05, 0.1) is 0 Å². The SMILES string of the molecule is Cc1nccc(N[C@H](Cc2ccccc2)C(=O)Nc2ccccc2)n1. The molecule has 2 N–H and O–H groups in total. The maximum absolute atomic E-state index is 12.8. The Kier molecular flexibility index (Phi) is 5.36. The van der Waals surface area contributed by atoms with Crippen LogP contribution in [0.3, 0.4) is 0 Å². The van der Waals surface area contributed by atoms with Crippen molar-refractivity contribution in [1.29, 1.82) is 0 Å². The van der Waals surface area contributed by atoms with Crippen LogP contribution < -0.4 is 10.6 Å². The Balaban J connectivity index is 1.79. The van der Waals surface area contributed by atoms with Crippen LogP contribution in [0.4, 0.5) is 11.5 Å². The lowest BCUT2D eigenvalue weighted by molar-refractivity contribution is -0.116. The molecular weight excluding hydrogens is 312 g/mol. The maximum atomic E-state index is 12.8. The predicted octanol–water partition coefficient (Wildman–Crippen LogP) is 3.45. The number of carbonyl (C=O) groups excluding carboxylic acids is 1. The van der Waals surface area contributed by atoms with Crippen LogP contribution in [-0.2, 0) is 11.2 Å². The lowest BCUT2D eigenvalue weighted by atomic mass is 10.1. The van der Waals surface area contributed by atoms with Crippen molar-refractivity contribution in [2.75, 3.05) is 10.6 Å². The average Bonchev–Trinajstić information content (AvgIpc) is 2.63. The zero-order valence-electron chi connectivity index (χ0n) is 14.0. The van der Waals surface area contributed by atoms with Gasteiger partial charge in [-0.05, 0) is 30.7 Å². The molecule has 3 aromatic rings. The second-order valence-electron chi connectivity index (χ2n) is 5.73. The van der Waals surface area contributed by atoms with E-state index in [-0.39, 0.29) is 5.91 Å². The Morgan fingerprint density at radius 3 is 2.36 bits per heavy atom. The summed E-state index contributed by atoms with van der Waals surface area (Å²) in [5.74, 6) is 1.19. The molecule has 0 unspecified atom stereocenters. The number of anilines is 2. The zero-order valence-corrected chi connectivity index (χ0v) is 14.0. The van der Waals surface area contributed by atoms with Gasteiger partial charge in [-0.1, -0.05) is 48.5 Å². The molecule has 25 heavy (non-hydrogen) atoms. The summed E-state index contributed by atoms with van der Waals surface area (Å²) < 4.78 is 0. The summed E-state index contributed by atoms with van der Waals surface area (Å²) in [7, 11) is 0. The van der Waals surface area contributed by atoms with Crippen molar-refractivity contribution in [2.45, 2.75) is 19.4 Å². The first kappa shape index (κ1) is 16.6. The van der Waals surface area contributed by atoms with Crippen LogP contribution in [0.5, 0.6) is 0 Å². The third-order valence-electron chi connectivity index (χ3n) is 3.74. The third kappa shape index (κ3) is 4.88. The van der Waals surface area contributed by atoms with E-state index in [1.807, 2.05) is 67.6 Å². The Hall–Kier alpha value is -3.21. The zero-order chi connectivity index (χ0) is 17.5. The number of hydrogen-bond acceptors (Lipinski definition) is 4. The normalized spacial score (nSPS) is 11.6. The smallest absolute Gasteiger partial charge is 0.247 e. The van der Waals surface area contributed by atoms with E-state index in [0.717, 1.165) is 11.3 Å². The number of para-hydroxylation sites is 1. The number of aromatic nitrogens is 2. The molecule has 2 aromatic carbocycles. The number of hydrogen-bond donors (Lipinski definition) is 2. The molecule has 0 spiro atoms. The van der Waals surface area contributed by atoms with Crippen molar-refractivity contribution in [3.8, 4) is 0 Å². The second kappa shape index (κ2) is 8.06. The van der Waals surface area contributed by atoms with Crippen LogP contribution >= 0.6 is 0 Å². The topological polar surface area (TPSA) is 66.9 Å². The first-order valence-corrected chi connectivity index (χ1v) is 8.17. The van der Waals surface area contributed by atoms with Crippen molar-refractivity contribution in [1.82, 2.24) is 9.97 Å². The molecule has 0 aliphatic heterocycles. The van der Waals surface area contributed by atoms with Crippen LogP contribution in [0, 0.1) is 6.92 Å². The summed E-state index contributed by atoms with van der Waals surface area (Å²) in [5.41, 5.74) is 1.85. The molecule has 0 aliphatic carbocycles. The highest BCUT2D eigenvalue weighted by Crippen LogP contribution is 2.12. The highest BCUT2D eigenvalue weighted by molar-refractivity contribution is 5.96. The molecule has 0 bridgehead atoms. The van der Waals surface area contributed by atoms with Crippen molar-refractivity contribution < 1.29 is 4.79 Å². The van der Waals surface area contributed by atoms with Crippen molar-refractivity contribution in [3.05, 3.63) is 84.3 Å². The number of benzene rings is 2. The van der Waals surface area contributed by atoms with Crippen LogP contribution in [0.25, 0.3) is 0 Å². The number of amides is 1. The van der Waals surface area contributed by atoms with Gasteiger partial charge >= 0.3 is 0 Å². The van der Waals surface area contributed by atoms with Gasteiger partial charge in [-0.3, -0.25) is 4.79 Å². The van der Waals surface area contributed by atoms with E-state index in [1.54, 1.807) is 12.3 Å². The van der Waals surface area contributed by atoms with Gasteiger partial charge in [0.25, 0.3) is 0 Å². The van der Waals surface area contributed by atoms with Crippen LogP contribution in [-0.4, -0.2) is 21.9 Å². The molecule has 0 aliphatic rings. The first-order chi connectivity index (χ1) is 12.2. The van der Waals surface area contributed by atoms with Gasteiger partial charge in [0.15, 0.2) is 0 Å². The van der Waals surface area contributed by atoms with Crippen molar-refractivity contribution in [3.63, 3.8) is 0 Å². The molecule has 126 valence electrons. The van der Waals surface area contributed by atoms with E-state index in [2.05, 4.69) is 20.6 Å². The average molecular weight is 332 g/mol. The quantitative estimate of drug-likeness (QED) is 0.725. The Bertz CT molecular complexity index is 821. The fourth-order valence-electron chi connectivity index (χ4n) is 2.53. The van der Waals surface area contributed by atoms with Crippen molar-refractivity contribution in [2.24, 2.45) is 0 Å². The van der Waals surface area contributed by atoms with Crippen molar-refractivity contribution >= 4 is 17.4 Å². The van der Waals surface area contributed by atoms with Gasteiger partial charge < -0.3 is 10.6 Å². The van der Waals surface area contributed by atoms with E-state index < -0.39 is 6.04 Å². The molecule has 1 amide bonds. The molecule has 0 radical (unpaired) electrons. The minimum absolute atomic E-state index is 0.105. The molecule has 3 rings (SSSR count). The summed E-state index contributed by atoms with van der Waals surface area (Å²) in [6.45, 7) is 1.82. The van der Waals surface area contributed by atoms with E-state index >= 15 is 0 Å². The number of nitrogens with zero attached hydrogens (tertiary/aromatic N) is 2. The molecule has 5 nitrogen and oxygen atoms in total. The molecule has 1 atom stereocenters. The van der Waals surface area contributed by atoms with Gasteiger partial charge in [0, 0.05) is 18.3 Å². The monoisotopic (exact) mass is 332 g/mol. The molecule has 0 saturated carbocycles. The lowest BCUT2D eigenvalue weighted by Gasteiger charge is -2.19. The standard InChI is InChI=1S/C20H20N4O/c1-15-21-13-12-19(22-15)24-18(14-16-8-4-2-5-9-16)20(25)23-17-10-6-3-7-11-17/h2-13,18H,14H2,1H3,(H,23,25)(H,21,22,24)/t18-/m1/s1. The number of carbonyl (C=O) groups is 1. The summed E-state index contributed by atoms with van der Waals surface area (Å²) >= 11 is 0. The van der Waals surface area contributed by atoms with Crippen LogP contribution in [0.15, 0.2) is 72.9 Å². The van der Waals surface area contributed by atoms with Gasteiger partial charge in [-0.2, -0.15) is 0 Å². The molecular formula is C20H20N4O. The predicted molar refractivity (Wildman–Crippen MR) is 99.4 cm³/mol. The fourth-order valence-corrected chi connectivity index (χ4v) is 2.53. The molecule has 0 saturated heterocycles.